The van der Waals surface area contributed by atoms with Gasteiger partial charge in [-0.15, -0.1) is 0 Å². The van der Waals surface area contributed by atoms with E-state index in [0.29, 0.717) is 20.9 Å². The molecule has 0 N–H and O–H groups in total. The van der Waals surface area contributed by atoms with Crippen molar-refractivity contribution in [2.24, 2.45) is 0 Å². The highest BCUT2D eigenvalue weighted by molar-refractivity contribution is 6.13. The summed E-state index contributed by atoms with van der Waals surface area (Å²) in [6.07, 6.45) is -45.2. The molecule has 0 saturated heterocycles. The number of anilines is 6. The number of halogens is 24. The largest absolute Gasteiger partial charge is 0.416 e. The van der Waals surface area contributed by atoms with Crippen molar-refractivity contribution in [3.05, 3.63) is 237 Å². The lowest BCUT2D eigenvalue weighted by Gasteiger charge is -2.41. The van der Waals surface area contributed by atoms with Crippen LogP contribution in [0.3, 0.4) is 0 Å². The van der Waals surface area contributed by atoms with Crippen molar-refractivity contribution in [2.75, 3.05) is 9.80 Å². The van der Waals surface area contributed by atoms with Crippen LogP contribution in [0.15, 0.2) is 170 Å². The van der Waals surface area contributed by atoms with E-state index in [2.05, 4.69) is 0 Å². The van der Waals surface area contributed by atoms with Crippen LogP contribution in [0.4, 0.5) is 139 Å². The minimum Gasteiger partial charge on any atom is -0.310 e. The maximum absolute atomic E-state index is 14.7. The lowest BCUT2D eigenvalue weighted by atomic mass is 9.61. The molecule has 11 rings (SSSR count). The number of benzene rings is 9. The number of alkyl halides is 24. The molecule has 0 amide bonds. The monoisotopic (exact) mass is 1240 g/mol. The fourth-order valence-electron chi connectivity index (χ4n) is 11.4. The zero-order valence-electron chi connectivity index (χ0n) is 42.6. The van der Waals surface area contributed by atoms with Gasteiger partial charge in [0.05, 0.1) is 55.6 Å². The molecule has 2 nitrogen and oxygen atoms in total. The molecule has 2 aliphatic carbocycles. The van der Waals surface area contributed by atoms with Gasteiger partial charge in [-0.1, -0.05) is 78.9 Å². The summed E-state index contributed by atoms with van der Waals surface area (Å²) < 4.78 is 352. The van der Waals surface area contributed by atoms with E-state index in [4.69, 9.17) is 0 Å². The van der Waals surface area contributed by atoms with Gasteiger partial charge in [0, 0.05) is 33.8 Å². The van der Waals surface area contributed by atoms with Gasteiger partial charge in [-0.05, 0) is 141 Å². The van der Waals surface area contributed by atoms with Crippen molar-refractivity contribution in [1.29, 1.82) is 0 Å². The van der Waals surface area contributed by atoms with E-state index in [1.54, 1.807) is 24.3 Å². The Morgan fingerprint density at radius 1 is 0.230 bits per heavy atom. The molecule has 0 saturated carbocycles. The first kappa shape index (κ1) is 59.9. The van der Waals surface area contributed by atoms with Crippen LogP contribution >= 0.6 is 0 Å². The van der Waals surface area contributed by atoms with Crippen molar-refractivity contribution in [3.63, 3.8) is 0 Å². The first-order chi connectivity index (χ1) is 40.2. The Labute approximate surface area is 472 Å². The van der Waals surface area contributed by atoms with E-state index < -0.39 is 133 Å². The first-order valence-corrected chi connectivity index (χ1v) is 24.9. The van der Waals surface area contributed by atoms with Crippen LogP contribution < -0.4 is 9.80 Å². The topological polar surface area (TPSA) is 6.48 Å². The summed E-state index contributed by atoms with van der Waals surface area (Å²) in [6, 6.07) is 20.1. The molecule has 0 aliphatic heterocycles. The van der Waals surface area contributed by atoms with Crippen LogP contribution in [0.5, 0.6) is 0 Å². The van der Waals surface area contributed by atoms with Gasteiger partial charge in [0.1, 0.15) is 0 Å². The second-order valence-electron chi connectivity index (χ2n) is 20.2. The third-order valence-electron chi connectivity index (χ3n) is 14.9. The van der Waals surface area contributed by atoms with Gasteiger partial charge in [0.2, 0.25) is 0 Å². The summed E-state index contributed by atoms with van der Waals surface area (Å²) in [7, 11) is 0. The van der Waals surface area contributed by atoms with Crippen molar-refractivity contribution in [2.45, 2.75) is 54.8 Å². The Morgan fingerprint density at radius 3 is 0.874 bits per heavy atom. The second kappa shape index (κ2) is 19.6. The average molecular weight is 1240 g/mol. The lowest BCUT2D eigenvalue weighted by molar-refractivity contribution is -0.144. The normalized spacial score (nSPS) is 14.3. The molecule has 9 aromatic carbocycles. The molecule has 0 unspecified atom stereocenters. The predicted molar refractivity (Wildman–Crippen MR) is 270 cm³/mol. The summed E-state index contributed by atoms with van der Waals surface area (Å²) >= 11 is 0. The Kier molecular flexibility index (Phi) is 13.5. The number of rotatable bonds is 6. The summed E-state index contributed by atoms with van der Waals surface area (Å²) in [5, 5.41) is -0.401. The average Bonchev–Trinajstić information content (AvgIpc) is 1.62. The van der Waals surface area contributed by atoms with E-state index in [1.807, 2.05) is 0 Å². The highest BCUT2D eigenvalue weighted by Gasteiger charge is 2.51. The van der Waals surface area contributed by atoms with Crippen LogP contribution in [0.25, 0.3) is 33.0 Å². The molecule has 9 aromatic rings. The maximum Gasteiger partial charge on any atom is 0.416 e. The quantitative estimate of drug-likeness (QED) is 0.153. The fourth-order valence-corrected chi connectivity index (χ4v) is 11.4. The SMILES string of the molecule is FC(F)(F)c1cc(N(c2cc(C(F)(F)F)cc(C(F)(F)F)c2)c2ccc3c(c2)C2(c4ccccc4-c4ccccc42)c2cccc4c(N(c5cc(C(F)(F)F)cc(C(F)(F)F)c5)c5cc(C(F)(F)F)cc(C(F)(F)F)c5)ccc-3c24)cc(C(F)(F)F)c1. The molecule has 2 aliphatic rings. The maximum atomic E-state index is 14.7. The van der Waals surface area contributed by atoms with Crippen LogP contribution in [0.2, 0.25) is 0 Å². The van der Waals surface area contributed by atoms with Crippen molar-refractivity contribution in [3.8, 4) is 22.3 Å². The zero-order chi connectivity index (χ0) is 63.3. The van der Waals surface area contributed by atoms with Crippen molar-refractivity contribution in [1.82, 2.24) is 0 Å². The molecule has 0 radical (unpaired) electrons. The summed E-state index contributed by atoms with van der Waals surface area (Å²) in [5.74, 6) is 0. The van der Waals surface area contributed by atoms with E-state index >= 15 is 0 Å². The number of fused-ring (bicyclic) bond motifs is 9. The Morgan fingerprint density at radius 2 is 0.529 bits per heavy atom. The zero-order valence-corrected chi connectivity index (χ0v) is 42.6. The summed E-state index contributed by atoms with van der Waals surface area (Å²) in [5.41, 5.74) is -23.9. The van der Waals surface area contributed by atoms with E-state index in [0.717, 1.165) is 30.3 Å². The van der Waals surface area contributed by atoms with E-state index in [1.165, 1.54) is 42.5 Å². The molecule has 0 heterocycles. The van der Waals surface area contributed by atoms with Crippen LogP contribution in [0, 0.1) is 0 Å². The molecular weight excluding hydrogens is 1220 g/mol. The molecule has 0 fully saturated rings. The van der Waals surface area contributed by atoms with Gasteiger partial charge in [-0.3, -0.25) is 0 Å². The Balaban J connectivity index is 1.29. The molecule has 450 valence electrons. The number of nitrogens with zero attached hydrogens (tertiary/aromatic N) is 2. The second-order valence-corrected chi connectivity index (χ2v) is 20.2. The number of hydrogen-bond donors (Lipinski definition) is 0. The highest BCUT2D eigenvalue weighted by Crippen LogP contribution is 2.64. The third-order valence-corrected chi connectivity index (χ3v) is 14.9. The third kappa shape index (κ3) is 10.4. The molecule has 0 aromatic heterocycles. The number of hydrogen-bond acceptors (Lipinski definition) is 2. The van der Waals surface area contributed by atoms with Crippen molar-refractivity contribution >= 4 is 44.9 Å². The van der Waals surface area contributed by atoms with Gasteiger partial charge >= 0.3 is 49.4 Å². The van der Waals surface area contributed by atoms with Gasteiger partial charge in [0.25, 0.3) is 0 Å². The van der Waals surface area contributed by atoms with Crippen LogP contribution in [0.1, 0.15) is 66.8 Å². The molecule has 87 heavy (non-hydrogen) atoms. The van der Waals surface area contributed by atoms with Crippen LogP contribution in [-0.2, 0) is 54.8 Å². The molecule has 26 heteroatoms. The Bertz CT molecular complexity index is 3920. The highest BCUT2D eigenvalue weighted by atomic mass is 19.4. The fraction of sp³-hybridized carbons (Fsp3) is 0.148. The van der Waals surface area contributed by atoms with Gasteiger partial charge < -0.3 is 9.80 Å². The lowest BCUT2D eigenvalue weighted by Crippen LogP contribution is -2.32. The standard InChI is InChI=1S/C61H28F24N2/c62-54(63,64)29-16-30(55(65,66)67)21-38(20-29)86(39-22-31(56(68,69)70)17-32(23-39)57(71,72)73)37-12-13-44-45-14-15-51(46-8-5-11-49(52(45)46)53(50(44)28-37)47-9-3-1-6-42(47)43-7-2-4-10-48(43)53)87(40-24-33(58(74,75)76)18-34(25-40)59(77,78)79)41-26-35(60(80,81)82)19-36(27-41)61(83,84)85/h1-28H. The van der Waals surface area contributed by atoms with Crippen LogP contribution in [-0.4, -0.2) is 0 Å². The molecule has 0 bridgehead atoms. The summed E-state index contributed by atoms with van der Waals surface area (Å²) in [4.78, 5) is 0.605. The van der Waals surface area contributed by atoms with Gasteiger partial charge in [-0.25, -0.2) is 0 Å². The molecule has 0 atom stereocenters. The van der Waals surface area contributed by atoms with E-state index in [9.17, 15) is 105 Å². The first-order valence-electron chi connectivity index (χ1n) is 24.9. The van der Waals surface area contributed by atoms with Crippen molar-refractivity contribution < 1.29 is 105 Å². The Hall–Kier alpha value is -8.84. The molecule has 1 spiro atoms. The predicted octanol–water partition coefficient (Wildman–Crippen LogP) is 22.3. The summed E-state index contributed by atoms with van der Waals surface area (Å²) in [6.45, 7) is 0. The van der Waals surface area contributed by atoms with Gasteiger partial charge in [-0.2, -0.15) is 105 Å². The van der Waals surface area contributed by atoms with Gasteiger partial charge in [0.15, 0.2) is 0 Å². The minimum absolute atomic E-state index is 0.00213. The van der Waals surface area contributed by atoms with E-state index in [-0.39, 0.29) is 117 Å². The minimum atomic E-state index is -5.65. The smallest absolute Gasteiger partial charge is 0.310 e. The molecular formula is C61H28F24N2.